The van der Waals surface area contributed by atoms with E-state index >= 15 is 0 Å². The summed E-state index contributed by atoms with van der Waals surface area (Å²) in [5, 5.41) is 14.0. The lowest BCUT2D eigenvalue weighted by atomic mass is 10.2. The van der Waals surface area contributed by atoms with Crippen LogP contribution in [0.4, 0.5) is 4.79 Å². The summed E-state index contributed by atoms with van der Waals surface area (Å²) in [7, 11) is 0. The number of hydrogen-bond donors (Lipinski definition) is 3. The van der Waals surface area contributed by atoms with Gasteiger partial charge in [-0.1, -0.05) is 13.3 Å². The summed E-state index contributed by atoms with van der Waals surface area (Å²) in [4.78, 5) is 33.5. The van der Waals surface area contributed by atoms with Gasteiger partial charge in [-0.2, -0.15) is 11.8 Å². The highest BCUT2D eigenvalue weighted by molar-refractivity contribution is 7.99. The Labute approximate surface area is 123 Å². The number of urea groups is 1. The number of aliphatic carboxylic acids is 1. The number of carbonyl (C=O) groups excluding carboxylic acids is 2. The van der Waals surface area contributed by atoms with Crippen LogP contribution in [-0.2, 0) is 9.59 Å². The Morgan fingerprint density at radius 3 is 2.65 bits per heavy atom. The number of rotatable bonds is 7. The molecule has 0 aromatic carbocycles. The van der Waals surface area contributed by atoms with E-state index in [9.17, 15) is 14.4 Å². The van der Waals surface area contributed by atoms with Crippen LogP contribution in [0, 0.1) is 0 Å². The van der Waals surface area contributed by atoms with Crippen LogP contribution in [0.2, 0.25) is 0 Å². The minimum absolute atomic E-state index is 0.0531. The summed E-state index contributed by atoms with van der Waals surface area (Å²) in [6.07, 6.45) is 3.36. The molecule has 1 aliphatic carbocycles. The molecule has 7 heteroatoms. The van der Waals surface area contributed by atoms with Crippen LogP contribution in [0.5, 0.6) is 0 Å². The van der Waals surface area contributed by atoms with Gasteiger partial charge in [0.1, 0.15) is 0 Å². The lowest BCUT2D eigenvalue weighted by Crippen LogP contribution is -2.46. The molecule has 0 bridgehead atoms. The van der Waals surface area contributed by atoms with E-state index in [1.54, 1.807) is 0 Å². The Hall–Kier alpha value is -1.24. The molecule has 3 amide bonds. The zero-order valence-electron chi connectivity index (χ0n) is 11.7. The fourth-order valence-electron chi connectivity index (χ4n) is 2.30. The van der Waals surface area contributed by atoms with Crippen LogP contribution in [0.15, 0.2) is 0 Å². The zero-order valence-corrected chi connectivity index (χ0v) is 12.5. The Kier molecular flexibility index (Phi) is 7.43. The number of carboxylic acids is 1. The predicted molar refractivity (Wildman–Crippen MR) is 77.7 cm³/mol. The molecule has 2 atom stereocenters. The van der Waals surface area contributed by atoms with E-state index < -0.39 is 17.9 Å². The quantitative estimate of drug-likeness (QED) is 0.666. The third kappa shape index (κ3) is 6.27. The first-order valence-electron chi connectivity index (χ1n) is 6.96. The van der Waals surface area contributed by atoms with Crippen molar-refractivity contribution >= 4 is 29.7 Å². The van der Waals surface area contributed by atoms with E-state index in [0.717, 1.165) is 25.0 Å². The molecule has 20 heavy (non-hydrogen) atoms. The zero-order chi connectivity index (χ0) is 15.0. The second-order valence-corrected chi connectivity index (χ2v) is 6.32. The number of imide groups is 1. The van der Waals surface area contributed by atoms with E-state index in [2.05, 4.69) is 17.6 Å². The first-order chi connectivity index (χ1) is 9.52. The van der Waals surface area contributed by atoms with Gasteiger partial charge in [0.05, 0.1) is 0 Å². The topological polar surface area (TPSA) is 95.5 Å². The van der Waals surface area contributed by atoms with Crippen molar-refractivity contribution in [2.24, 2.45) is 0 Å². The smallest absolute Gasteiger partial charge is 0.321 e. The van der Waals surface area contributed by atoms with E-state index in [0.29, 0.717) is 5.25 Å². The Morgan fingerprint density at radius 2 is 2.00 bits per heavy atom. The van der Waals surface area contributed by atoms with E-state index in [4.69, 9.17) is 5.11 Å². The molecule has 114 valence electrons. The number of carbonyl (C=O) groups is 3. The molecular formula is C13H22N2O4S. The van der Waals surface area contributed by atoms with Crippen LogP contribution in [0.25, 0.3) is 0 Å². The third-order valence-electron chi connectivity index (χ3n) is 3.20. The van der Waals surface area contributed by atoms with Gasteiger partial charge in [0.25, 0.3) is 0 Å². The van der Waals surface area contributed by atoms with E-state index in [1.165, 1.54) is 0 Å². The standard InChI is InChI=1S/C13H22N2O4S/c1-2-20-10-6-3-5-9(10)14-13(19)15-11(16)7-4-8-12(17)18/h9-10H,2-8H2,1H3,(H,17,18)(H2,14,15,16,19). The summed E-state index contributed by atoms with van der Waals surface area (Å²) in [6, 6.07) is -0.356. The third-order valence-corrected chi connectivity index (χ3v) is 4.52. The number of thioether (sulfide) groups is 1. The van der Waals surface area contributed by atoms with Crippen molar-refractivity contribution in [2.75, 3.05) is 5.75 Å². The highest BCUT2D eigenvalue weighted by Gasteiger charge is 2.28. The lowest BCUT2D eigenvalue weighted by molar-refractivity contribution is -0.137. The molecule has 1 saturated carbocycles. The van der Waals surface area contributed by atoms with Gasteiger partial charge >= 0.3 is 12.0 Å². The van der Waals surface area contributed by atoms with Crippen molar-refractivity contribution < 1.29 is 19.5 Å². The average molecular weight is 302 g/mol. The molecule has 0 aromatic rings. The van der Waals surface area contributed by atoms with Crippen LogP contribution < -0.4 is 10.6 Å². The maximum absolute atomic E-state index is 11.7. The van der Waals surface area contributed by atoms with Crippen molar-refractivity contribution in [3.8, 4) is 0 Å². The van der Waals surface area contributed by atoms with E-state index in [1.807, 2.05) is 11.8 Å². The van der Waals surface area contributed by atoms with Crippen molar-refractivity contribution in [2.45, 2.75) is 56.7 Å². The fraction of sp³-hybridized carbons (Fsp3) is 0.769. The van der Waals surface area contributed by atoms with Gasteiger partial charge in [-0.15, -0.1) is 0 Å². The van der Waals surface area contributed by atoms with E-state index in [-0.39, 0.29) is 25.3 Å². The normalized spacial score (nSPS) is 21.4. The molecule has 1 fully saturated rings. The largest absolute Gasteiger partial charge is 0.481 e. The van der Waals surface area contributed by atoms with Gasteiger partial charge in [-0.05, 0) is 25.0 Å². The molecule has 0 heterocycles. The van der Waals surface area contributed by atoms with Crippen LogP contribution in [0.1, 0.15) is 45.4 Å². The van der Waals surface area contributed by atoms with Gasteiger partial charge in [0, 0.05) is 24.1 Å². The molecular weight excluding hydrogens is 280 g/mol. The van der Waals surface area contributed by atoms with Crippen molar-refractivity contribution in [3.63, 3.8) is 0 Å². The summed E-state index contributed by atoms with van der Waals surface area (Å²) in [5.41, 5.74) is 0. The van der Waals surface area contributed by atoms with Gasteiger partial charge < -0.3 is 10.4 Å². The molecule has 0 saturated heterocycles. The predicted octanol–water partition coefficient (Wildman–Crippen LogP) is 1.74. The molecule has 0 aliphatic heterocycles. The maximum Gasteiger partial charge on any atom is 0.321 e. The average Bonchev–Trinajstić information content (AvgIpc) is 2.76. The highest BCUT2D eigenvalue weighted by atomic mass is 32.2. The Morgan fingerprint density at radius 1 is 1.25 bits per heavy atom. The van der Waals surface area contributed by atoms with Gasteiger partial charge in [0.15, 0.2) is 0 Å². The first-order valence-corrected chi connectivity index (χ1v) is 8.01. The Bertz CT molecular complexity index is 362. The minimum atomic E-state index is -0.937. The summed E-state index contributed by atoms with van der Waals surface area (Å²) in [6.45, 7) is 2.09. The molecule has 0 spiro atoms. The first kappa shape index (κ1) is 16.8. The molecule has 1 aliphatic rings. The van der Waals surface area contributed by atoms with Gasteiger partial charge in [-0.3, -0.25) is 14.9 Å². The highest BCUT2D eigenvalue weighted by Crippen LogP contribution is 2.29. The second kappa shape index (κ2) is 8.84. The molecule has 1 rings (SSSR count). The molecule has 2 unspecified atom stereocenters. The fourth-order valence-corrected chi connectivity index (χ4v) is 3.50. The number of hydrogen-bond acceptors (Lipinski definition) is 4. The molecule has 3 N–H and O–H groups in total. The second-order valence-electron chi connectivity index (χ2n) is 4.80. The molecule has 0 aromatic heterocycles. The number of carboxylic acid groups (broad SMARTS) is 1. The van der Waals surface area contributed by atoms with Crippen LogP contribution in [0.3, 0.4) is 0 Å². The number of nitrogens with one attached hydrogen (secondary N) is 2. The SMILES string of the molecule is CCSC1CCCC1NC(=O)NC(=O)CCCC(=O)O. The van der Waals surface area contributed by atoms with Crippen molar-refractivity contribution in [3.05, 3.63) is 0 Å². The van der Waals surface area contributed by atoms with Crippen molar-refractivity contribution in [1.29, 1.82) is 0 Å². The molecule has 0 radical (unpaired) electrons. The van der Waals surface area contributed by atoms with Crippen LogP contribution >= 0.6 is 11.8 Å². The van der Waals surface area contributed by atoms with Crippen molar-refractivity contribution in [1.82, 2.24) is 10.6 Å². The Balaban J connectivity index is 2.25. The maximum atomic E-state index is 11.7. The minimum Gasteiger partial charge on any atom is -0.481 e. The van der Waals surface area contributed by atoms with Gasteiger partial charge in [-0.25, -0.2) is 4.79 Å². The number of amides is 3. The lowest BCUT2D eigenvalue weighted by Gasteiger charge is -2.20. The van der Waals surface area contributed by atoms with Gasteiger partial charge in [0.2, 0.25) is 5.91 Å². The molecule has 6 nitrogen and oxygen atoms in total. The summed E-state index contributed by atoms with van der Waals surface area (Å²) >= 11 is 1.83. The summed E-state index contributed by atoms with van der Waals surface area (Å²) in [5.74, 6) is -0.354. The summed E-state index contributed by atoms with van der Waals surface area (Å²) < 4.78 is 0. The van der Waals surface area contributed by atoms with Crippen LogP contribution in [-0.4, -0.2) is 40.1 Å². The monoisotopic (exact) mass is 302 g/mol.